The molecule has 0 bridgehead atoms. The highest BCUT2D eigenvalue weighted by Gasteiger charge is 2.38. The van der Waals surface area contributed by atoms with E-state index in [1.807, 2.05) is 0 Å². The lowest BCUT2D eigenvalue weighted by Crippen LogP contribution is -2.40. The maximum atomic E-state index is 12.9. The van der Waals surface area contributed by atoms with E-state index in [0.717, 1.165) is 4.31 Å². The average Bonchev–Trinajstić information content (AvgIpc) is 2.64. The summed E-state index contributed by atoms with van der Waals surface area (Å²) in [5.41, 5.74) is 0.127. The Bertz CT molecular complexity index is 996. The summed E-state index contributed by atoms with van der Waals surface area (Å²) in [5, 5.41) is 19.5. The number of fused-ring (bicyclic) bond motifs is 1. The number of allylic oxidation sites excluding steroid dienone is 1. The molecule has 3 rings (SSSR count). The van der Waals surface area contributed by atoms with Crippen molar-refractivity contribution in [2.75, 3.05) is 20.3 Å². The molecule has 0 aliphatic carbocycles. The molecular formula is C18H17NO6S. The molecular weight excluding hydrogens is 358 g/mol. The quantitative estimate of drug-likeness (QED) is 0.787. The molecule has 0 amide bonds. The van der Waals surface area contributed by atoms with Gasteiger partial charge in [0.1, 0.15) is 5.70 Å². The van der Waals surface area contributed by atoms with Gasteiger partial charge in [-0.15, -0.1) is 0 Å². The van der Waals surface area contributed by atoms with Gasteiger partial charge in [0.25, 0.3) is 10.0 Å². The van der Waals surface area contributed by atoms with Crippen molar-refractivity contribution in [3.8, 4) is 11.5 Å². The van der Waals surface area contributed by atoms with Crippen LogP contribution >= 0.6 is 0 Å². The lowest BCUT2D eigenvalue weighted by molar-refractivity contribution is 0.0998. The van der Waals surface area contributed by atoms with Crippen LogP contribution in [-0.4, -0.2) is 49.0 Å². The number of Topliss-reactive ketones (excluding diaryl/α,β-unsaturated/α-hetero) is 1. The zero-order chi connectivity index (χ0) is 18.9. The molecule has 0 spiro atoms. The standard InChI is InChI=1S/C18H17NO6S/c1-25-15-7-4-5-12(17(15)21)11-14-18(22)13-6-2-3-8-16(13)26(23,24)19(14)9-10-20/h2-8,11,20-21H,9-10H2,1H3/b14-11-. The number of phenols is 1. The number of aliphatic hydroxyl groups is 1. The number of aliphatic hydroxyl groups excluding tert-OH is 1. The fraction of sp³-hybridized carbons (Fsp3) is 0.167. The molecule has 26 heavy (non-hydrogen) atoms. The number of phenolic OH excluding ortho intramolecular Hbond substituents is 1. The minimum Gasteiger partial charge on any atom is -0.504 e. The molecule has 0 saturated heterocycles. The van der Waals surface area contributed by atoms with E-state index in [1.54, 1.807) is 12.1 Å². The normalized spacial score (nSPS) is 17.2. The number of hydrogen-bond donors (Lipinski definition) is 2. The predicted octanol–water partition coefficient (Wildman–Crippen LogP) is 1.62. The molecule has 1 aliphatic rings. The van der Waals surface area contributed by atoms with Crippen LogP contribution in [0.3, 0.4) is 0 Å². The third kappa shape index (κ3) is 2.83. The minimum absolute atomic E-state index is 0.0512. The van der Waals surface area contributed by atoms with Crippen LogP contribution in [0.25, 0.3) is 6.08 Å². The van der Waals surface area contributed by atoms with Gasteiger partial charge in [0.15, 0.2) is 11.5 Å². The lowest BCUT2D eigenvalue weighted by Gasteiger charge is -2.30. The number of ketones is 1. The first kappa shape index (κ1) is 18.0. The molecule has 136 valence electrons. The number of sulfonamides is 1. The number of rotatable bonds is 4. The summed E-state index contributed by atoms with van der Waals surface area (Å²) in [7, 11) is -2.62. The van der Waals surface area contributed by atoms with E-state index >= 15 is 0 Å². The molecule has 0 aromatic heterocycles. The average molecular weight is 375 g/mol. The Labute approximate surface area is 150 Å². The van der Waals surface area contributed by atoms with Crippen LogP contribution < -0.4 is 4.74 Å². The molecule has 8 heteroatoms. The van der Waals surface area contributed by atoms with Crippen LogP contribution in [0, 0.1) is 0 Å². The summed E-state index contributed by atoms with van der Waals surface area (Å²) in [6.07, 6.45) is 1.28. The zero-order valence-electron chi connectivity index (χ0n) is 13.9. The Morgan fingerprint density at radius 1 is 1.15 bits per heavy atom. The van der Waals surface area contributed by atoms with Crippen molar-refractivity contribution in [3.63, 3.8) is 0 Å². The Hall–Kier alpha value is -2.84. The highest BCUT2D eigenvalue weighted by atomic mass is 32.2. The summed E-state index contributed by atoms with van der Waals surface area (Å²) in [6.45, 7) is -0.741. The van der Waals surface area contributed by atoms with Gasteiger partial charge in [-0.1, -0.05) is 24.3 Å². The van der Waals surface area contributed by atoms with Gasteiger partial charge in [0, 0.05) is 11.1 Å². The number of ether oxygens (including phenoxy) is 1. The number of hydrogen-bond acceptors (Lipinski definition) is 6. The van der Waals surface area contributed by atoms with E-state index in [-0.39, 0.29) is 39.8 Å². The molecule has 2 N–H and O–H groups in total. The first-order valence-corrected chi connectivity index (χ1v) is 9.20. The Kier molecular flexibility index (Phi) is 4.71. The van der Waals surface area contributed by atoms with Gasteiger partial charge >= 0.3 is 0 Å². The summed E-state index contributed by atoms with van der Waals surface area (Å²) in [4.78, 5) is 12.8. The van der Waals surface area contributed by atoms with Crippen LogP contribution in [0.4, 0.5) is 0 Å². The summed E-state index contributed by atoms with van der Waals surface area (Å²) in [6, 6.07) is 10.6. The van der Waals surface area contributed by atoms with Gasteiger partial charge in [0.05, 0.1) is 25.2 Å². The first-order valence-electron chi connectivity index (χ1n) is 7.76. The number of aromatic hydroxyl groups is 1. The second-order valence-electron chi connectivity index (χ2n) is 5.55. The van der Waals surface area contributed by atoms with Crippen LogP contribution in [0.1, 0.15) is 15.9 Å². The minimum atomic E-state index is -4.00. The van der Waals surface area contributed by atoms with Crippen LogP contribution in [0.15, 0.2) is 53.1 Å². The molecule has 1 heterocycles. The van der Waals surface area contributed by atoms with Crippen LogP contribution in [0.5, 0.6) is 11.5 Å². The van der Waals surface area contributed by atoms with Crippen LogP contribution in [0.2, 0.25) is 0 Å². The summed E-state index contributed by atoms with van der Waals surface area (Å²) < 4.78 is 31.7. The van der Waals surface area contributed by atoms with Crippen molar-refractivity contribution in [3.05, 3.63) is 59.3 Å². The fourth-order valence-electron chi connectivity index (χ4n) is 2.82. The van der Waals surface area contributed by atoms with Crippen molar-refractivity contribution < 1.29 is 28.2 Å². The SMILES string of the molecule is COc1cccc(/C=C2/C(=O)c3ccccc3S(=O)(=O)N2CCO)c1O. The van der Waals surface area contributed by atoms with Crippen molar-refractivity contribution in [1.29, 1.82) is 0 Å². The Balaban J connectivity index is 2.24. The second kappa shape index (κ2) is 6.81. The largest absolute Gasteiger partial charge is 0.504 e. The van der Waals surface area contributed by atoms with Gasteiger partial charge in [-0.3, -0.25) is 9.10 Å². The summed E-state index contributed by atoms with van der Waals surface area (Å²) >= 11 is 0. The Morgan fingerprint density at radius 2 is 1.88 bits per heavy atom. The number of β-amino-alcohol motifs (C(OH)–C–C–N with tert-alkyl or cyclic N) is 1. The molecule has 0 saturated carbocycles. The van der Waals surface area contributed by atoms with Crippen molar-refractivity contribution in [1.82, 2.24) is 4.31 Å². The van der Waals surface area contributed by atoms with E-state index < -0.39 is 22.4 Å². The number of carbonyl (C=O) groups excluding carboxylic acids is 1. The van der Waals surface area contributed by atoms with E-state index in [9.17, 15) is 23.4 Å². The van der Waals surface area contributed by atoms with Gasteiger partial charge in [-0.2, -0.15) is 0 Å². The number of carbonyl (C=O) groups is 1. The lowest BCUT2D eigenvalue weighted by atomic mass is 10.0. The molecule has 0 unspecified atom stereocenters. The highest BCUT2D eigenvalue weighted by Crippen LogP contribution is 2.36. The molecule has 7 nitrogen and oxygen atoms in total. The molecule has 2 aromatic carbocycles. The Morgan fingerprint density at radius 3 is 2.58 bits per heavy atom. The molecule has 1 aliphatic heterocycles. The fourth-order valence-corrected chi connectivity index (χ4v) is 4.46. The molecule has 0 radical (unpaired) electrons. The van der Waals surface area contributed by atoms with Gasteiger partial charge in [-0.05, 0) is 24.3 Å². The number of methoxy groups -OCH3 is 1. The maximum absolute atomic E-state index is 12.9. The molecule has 0 atom stereocenters. The van der Waals surface area contributed by atoms with Crippen molar-refractivity contribution >= 4 is 21.9 Å². The van der Waals surface area contributed by atoms with Gasteiger partial charge < -0.3 is 14.9 Å². The number of para-hydroxylation sites is 1. The third-order valence-corrected chi connectivity index (χ3v) is 5.92. The third-order valence-electron chi connectivity index (χ3n) is 4.05. The zero-order valence-corrected chi connectivity index (χ0v) is 14.7. The molecule has 0 fully saturated rings. The van der Waals surface area contributed by atoms with Gasteiger partial charge in [-0.25, -0.2) is 8.42 Å². The summed E-state index contributed by atoms with van der Waals surface area (Å²) in [5.74, 6) is -0.527. The smallest absolute Gasteiger partial charge is 0.265 e. The number of nitrogens with zero attached hydrogens (tertiary/aromatic N) is 1. The molecule has 2 aromatic rings. The van der Waals surface area contributed by atoms with Crippen molar-refractivity contribution in [2.45, 2.75) is 4.90 Å². The van der Waals surface area contributed by atoms with E-state index in [4.69, 9.17) is 4.74 Å². The van der Waals surface area contributed by atoms with Gasteiger partial charge in [0.2, 0.25) is 5.78 Å². The first-order chi connectivity index (χ1) is 12.4. The topological polar surface area (TPSA) is 104 Å². The van der Waals surface area contributed by atoms with E-state index in [1.165, 1.54) is 43.5 Å². The second-order valence-corrected chi connectivity index (χ2v) is 7.38. The monoisotopic (exact) mass is 375 g/mol. The predicted molar refractivity (Wildman–Crippen MR) is 94.4 cm³/mol. The van der Waals surface area contributed by atoms with Crippen molar-refractivity contribution in [2.24, 2.45) is 0 Å². The number of benzene rings is 2. The van der Waals surface area contributed by atoms with E-state index in [2.05, 4.69) is 0 Å². The van der Waals surface area contributed by atoms with E-state index in [0.29, 0.717) is 0 Å². The maximum Gasteiger partial charge on any atom is 0.265 e. The highest BCUT2D eigenvalue weighted by molar-refractivity contribution is 7.89. The van der Waals surface area contributed by atoms with Crippen LogP contribution in [-0.2, 0) is 10.0 Å².